The molecule has 1 aromatic heterocycles. The molecule has 0 amide bonds. The fourth-order valence-corrected chi connectivity index (χ4v) is 5.99. The Morgan fingerprint density at radius 3 is 2.70 bits per heavy atom. The minimum Gasteiger partial charge on any atom is -0.489 e. The van der Waals surface area contributed by atoms with E-state index in [1.807, 2.05) is 49.4 Å². The Morgan fingerprint density at radius 2 is 1.89 bits per heavy atom. The lowest BCUT2D eigenvalue weighted by Gasteiger charge is -2.21. The molecule has 5 rings (SSSR count). The van der Waals surface area contributed by atoms with E-state index in [9.17, 15) is 18.7 Å². The van der Waals surface area contributed by atoms with Crippen LogP contribution in [0.2, 0.25) is 0 Å². The normalized spacial score (nSPS) is 15.6. The Morgan fingerprint density at radius 1 is 1.08 bits per heavy atom. The fourth-order valence-electron chi connectivity index (χ4n) is 4.42. The lowest BCUT2D eigenvalue weighted by atomic mass is 9.98. The average molecular weight is 518 g/mol. The van der Waals surface area contributed by atoms with Crippen molar-refractivity contribution in [2.24, 2.45) is 5.92 Å². The van der Waals surface area contributed by atoms with Crippen LogP contribution in [0.4, 0.5) is 8.78 Å². The number of benzene rings is 3. The van der Waals surface area contributed by atoms with Gasteiger partial charge in [0.1, 0.15) is 12.4 Å². The van der Waals surface area contributed by atoms with Gasteiger partial charge in [0.25, 0.3) is 0 Å². The summed E-state index contributed by atoms with van der Waals surface area (Å²) in [6, 6.07) is 19.8. The van der Waals surface area contributed by atoms with Crippen molar-refractivity contribution in [3.05, 3.63) is 106 Å². The number of halogens is 2. The molecule has 0 saturated carbocycles. The van der Waals surface area contributed by atoms with E-state index in [4.69, 9.17) is 4.74 Å². The molecule has 0 bridgehead atoms. The molecular weight excluding hydrogens is 492 g/mol. The molecule has 2 heterocycles. The summed E-state index contributed by atoms with van der Waals surface area (Å²) in [5, 5.41) is 10.0. The van der Waals surface area contributed by atoms with Gasteiger partial charge in [-0.15, -0.1) is 11.8 Å². The number of hydrogen-bond donors (Lipinski definition) is 1. The number of carboxylic acids is 1. The van der Waals surface area contributed by atoms with Gasteiger partial charge in [0, 0.05) is 22.8 Å². The Balaban J connectivity index is 1.48. The zero-order valence-corrected chi connectivity index (χ0v) is 21.0. The van der Waals surface area contributed by atoms with Crippen molar-refractivity contribution in [3.63, 3.8) is 0 Å². The maximum absolute atomic E-state index is 13.7. The molecule has 1 aliphatic heterocycles. The minimum absolute atomic E-state index is 0.0767. The van der Waals surface area contributed by atoms with Gasteiger partial charge >= 0.3 is 5.97 Å². The first kappa shape index (κ1) is 25.0. The van der Waals surface area contributed by atoms with Gasteiger partial charge in [0.2, 0.25) is 0 Å². The summed E-state index contributed by atoms with van der Waals surface area (Å²) >= 11 is 1.62. The molecule has 0 radical (unpaired) electrons. The van der Waals surface area contributed by atoms with Crippen molar-refractivity contribution < 1.29 is 23.4 Å². The van der Waals surface area contributed by atoms with E-state index in [0.29, 0.717) is 35.4 Å². The van der Waals surface area contributed by atoms with Gasteiger partial charge in [-0.1, -0.05) is 49.4 Å². The largest absolute Gasteiger partial charge is 0.489 e. The molecule has 0 fully saturated rings. The number of aromatic nitrogens is 1. The van der Waals surface area contributed by atoms with Gasteiger partial charge < -0.3 is 9.84 Å². The molecule has 1 N–H and O–H groups in total. The number of thioether (sulfide) groups is 1. The molecule has 4 aromatic rings. The van der Waals surface area contributed by atoms with Crippen LogP contribution in [0.3, 0.4) is 0 Å². The Labute approximate surface area is 218 Å². The first-order chi connectivity index (χ1) is 17.9. The summed E-state index contributed by atoms with van der Waals surface area (Å²) in [5.74, 6) is -1.77. The van der Waals surface area contributed by atoms with Crippen molar-refractivity contribution in [2.45, 2.75) is 25.2 Å². The van der Waals surface area contributed by atoms with Gasteiger partial charge in [-0.05, 0) is 53.5 Å². The molecule has 3 aromatic carbocycles. The standard InChI is InChI=1S/C30H25F2NO3S/c1-2-19(30(34)35)17-37-29-23-6-4-3-5-21(23)16-36-28-12-8-18(13-24(28)29)7-10-22-11-9-20-14-25(31)26(32)15-27(20)33-22/h3-15,19,29H,2,16-17H2,1H3,(H,34,35)/b10-7+. The lowest BCUT2D eigenvalue weighted by molar-refractivity contribution is -0.140. The quantitative estimate of drug-likeness (QED) is 0.275. The van der Waals surface area contributed by atoms with E-state index in [2.05, 4.69) is 17.1 Å². The second-order valence-corrected chi connectivity index (χ2v) is 10.1. The third-order valence-corrected chi connectivity index (χ3v) is 7.98. The molecule has 2 atom stereocenters. The molecular formula is C30H25F2NO3S. The highest BCUT2D eigenvalue weighted by Gasteiger charge is 2.27. The van der Waals surface area contributed by atoms with E-state index in [0.717, 1.165) is 40.1 Å². The monoisotopic (exact) mass is 517 g/mol. The Kier molecular flexibility index (Phi) is 7.24. The van der Waals surface area contributed by atoms with E-state index < -0.39 is 23.5 Å². The number of rotatable bonds is 7. The number of fused-ring (bicyclic) bond motifs is 3. The number of nitrogens with zero attached hydrogens (tertiary/aromatic N) is 1. The highest BCUT2D eigenvalue weighted by molar-refractivity contribution is 7.99. The molecule has 2 unspecified atom stereocenters. The third kappa shape index (κ3) is 5.37. The van der Waals surface area contributed by atoms with Crippen LogP contribution < -0.4 is 4.74 Å². The minimum atomic E-state index is -0.927. The highest BCUT2D eigenvalue weighted by atomic mass is 32.2. The van der Waals surface area contributed by atoms with Crippen molar-refractivity contribution >= 4 is 40.8 Å². The molecule has 1 aliphatic rings. The van der Waals surface area contributed by atoms with Crippen LogP contribution >= 0.6 is 11.8 Å². The van der Waals surface area contributed by atoms with Crippen molar-refractivity contribution in [3.8, 4) is 5.75 Å². The number of aliphatic carboxylic acids is 1. The zero-order valence-electron chi connectivity index (χ0n) is 20.2. The number of hydrogen-bond acceptors (Lipinski definition) is 4. The van der Waals surface area contributed by atoms with Crippen LogP contribution in [0.25, 0.3) is 23.1 Å². The lowest BCUT2D eigenvalue weighted by Crippen LogP contribution is -2.16. The number of pyridine rings is 1. The number of carboxylic acid groups (broad SMARTS) is 1. The third-order valence-electron chi connectivity index (χ3n) is 6.54. The summed E-state index contributed by atoms with van der Waals surface area (Å²) in [6.07, 6.45) is 4.31. The summed E-state index contributed by atoms with van der Waals surface area (Å²) < 4.78 is 33.3. The van der Waals surface area contributed by atoms with Crippen LogP contribution in [0.1, 0.15) is 46.5 Å². The van der Waals surface area contributed by atoms with Crippen LogP contribution in [-0.4, -0.2) is 21.8 Å². The van der Waals surface area contributed by atoms with Crippen LogP contribution in [-0.2, 0) is 11.4 Å². The first-order valence-corrected chi connectivity index (χ1v) is 13.1. The summed E-state index contributed by atoms with van der Waals surface area (Å²) in [6.45, 7) is 2.34. The van der Waals surface area contributed by atoms with Gasteiger partial charge in [0.15, 0.2) is 11.6 Å². The maximum Gasteiger partial charge on any atom is 0.307 e. The fraction of sp³-hybridized carbons (Fsp3) is 0.200. The Bertz CT molecular complexity index is 1500. The smallest absolute Gasteiger partial charge is 0.307 e. The molecule has 4 nitrogen and oxygen atoms in total. The van der Waals surface area contributed by atoms with E-state index in [1.54, 1.807) is 23.9 Å². The first-order valence-electron chi connectivity index (χ1n) is 12.1. The van der Waals surface area contributed by atoms with Crippen LogP contribution in [0.15, 0.2) is 66.7 Å². The van der Waals surface area contributed by atoms with Crippen LogP contribution in [0, 0.1) is 17.6 Å². The van der Waals surface area contributed by atoms with Crippen molar-refractivity contribution in [1.82, 2.24) is 4.98 Å². The van der Waals surface area contributed by atoms with Crippen molar-refractivity contribution in [2.75, 3.05) is 5.75 Å². The maximum atomic E-state index is 13.7. The van der Waals surface area contributed by atoms with Gasteiger partial charge in [-0.25, -0.2) is 13.8 Å². The van der Waals surface area contributed by atoms with Crippen molar-refractivity contribution in [1.29, 1.82) is 0 Å². The number of carbonyl (C=O) groups is 1. The molecule has 0 saturated heterocycles. The SMILES string of the molecule is CCC(CSC1c2ccccc2COc2ccc(/C=C/c3ccc4cc(F)c(F)cc4n3)cc21)C(=O)O. The molecule has 0 spiro atoms. The molecule has 0 aliphatic carbocycles. The topological polar surface area (TPSA) is 59.4 Å². The second kappa shape index (κ2) is 10.7. The highest BCUT2D eigenvalue weighted by Crippen LogP contribution is 2.45. The molecule has 37 heavy (non-hydrogen) atoms. The van der Waals surface area contributed by atoms with Gasteiger partial charge in [-0.3, -0.25) is 4.79 Å². The summed E-state index contributed by atoms with van der Waals surface area (Å²) in [7, 11) is 0. The van der Waals surface area contributed by atoms with E-state index >= 15 is 0 Å². The van der Waals surface area contributed by atoms with E-state index in [1.165, 1.54) is 0 Å². The number of ether oxygens (including phenoxy) is 1. The predicted octanol–water partition coefficient (Wildman–Crippen LogP) is 7.51. The average Bonchev–Trinajstić information content (AvgIpc) is 3.05. The van der Waals surface area contributed by atoms with Gasteiger partial charge in [-0.2, -0.15) is 0 Å². The van der Waals surface area contributed by atoms with Crippen LogP contribution in [0.5, 0.6) is 5.75 Å². The molecule has 188 valence electrons. The molecule has 7 heteroatoms. The predicted molar refractivity (Wildman–Crippen MR) is 144 cm³/mol. The zero-order chi connectivity index (χ0) is 25.9. The summed E-state index contributed by atoms with van der Waals surface area (Å²) in [4.78, 5) is 16.1. The second-order valence-electron chi connectivity index (χ2n) is 8.97. The Hall–Kier alpha value is -3.71. The van der Waals surface area contributed by atoms with E-state index in [-0.39, 0.29) is 5.25 Å². The summed E-state index contributed by atoms with van der Waals surface area (Å²) in [5.41, 5.74) is 5.12. The van der Waals surface area contributed by atoms with Gasteiger partial charge in [0.05, 0.1) is 22.4 Å².